The predicted octanol–water partition coefficient (Wildman–Crippen LogP) is 5.88. The van der Waals surface area contributed by atoms with E-state index in [2.05, 4.69) is 5.32 Å². The van der Waals surface area contributed by atoms with Crippen molar-refractivity contribution < 1.29 is 19.1 Å². The number of benzene rings is 3. The van der Waals surface area contributed by atoms with Crippen LogP contribution in [0.25, 0.3) is 33.6 Å². The Balaban J connectivity index is 1.52. The number of ether oxygens (including phenoxy) is 1. The van der Waals surface area contributed by atoms with Gasteiger partial charge >= 0.3 is 5.97 Å². The molecular formula is C27H21N3O4. The van der Waals surface area contributed by atoms with Crippen LogP contribution in [0.5, 0.6) is 5.75 Å². The number of fused-ring (bicyclic) bond motifs is 1. The van der Waals surface area contributed by atoms with Gasteiger partial charge in [0.2, 0.25) is 0 Å². The van der Waals surface area contributed by atoms with E-state index in [0.29, 0.717) is 23.9 Å². The number of carboxylic acids is 1. The quantitative estimate of drug-likeness (QED) is 0.319. The lowest BCUT2D eigenvalue weighted by Gasteiger charge is -2.12. The average Bonchev–Trinajstić information content (AvgIpc) is 3.42. The first-order valence-corrected chi connectivity index (χ1v) is 10.7. The van der Waals surface area contributed by atoms with Gasteiger partial charge in [0, 0.05) is 11.9 Å². The highest BCUT2D eigenvalue weighted by Gasteiger charge is 2.13. The highest BCUT2D eigenvalue weighted by atomic mass is 16.5. The van der Waals surface area contributed by atoms with Crippen molar-refractivity contribution in [2.24, 2.45) is 0 Å². The molecule has 2 N–H and O–H groups in total. The summed E-state index contributed by atoms with van der Waals surface area (Å²) in [6.07, 6.45) is 1.59. The highest BCUT2D eigenvalue weighted by Crippen LogP contribution is 2.30. The number of nitrogens with zero attached hydrogens (tertiary/aromatic N) is 2. The molecule has 7 heteroatoms. The first-order valence-electron chi connectivity index (χ1n) is 10.7. The zero-order valence-electron chi connectivity index (χ0n) is 18.4. The Morgan fingerprint density at radius 1 is 0.971 bits per heavy atom. The molecule has 0 unspecified atom stereocenters. The number of hydrogen-bond acceptors (Lipinski definition) is 6. The SMILES string of the molecule is COc1ccc(-c2ccc3c(NCc4ccc(C(=O)O)cc4)nc(-c4ccco4)nc3c2)cc1. The number of anilines is 1. The number of rotatable bonds is 7. The summed E-state index contributed by atoms with van der Waals surface area (Å²) >= 11 is 0. The third-order valence-corrected chi connectivity index (χ3v) is 5.52. The first-order chi connectivity index (χ1) is 16.6. The maximum Gasteiger partial charge on any atom is 0.335 e. The molecule has 0 amide bonds. The van der Waals surface area contributed by atoms with Crippen molar-refractivity contribution in [1.29, 1.82) is 0 Å². The lowest BCUT2D eigenvalue weighted by Crippen LogP contribution is -2.05. The van der Waals surface area contributed by atoms with Gasteiger partial charge in [-0.15, -0.1) is 0 Å². The molecule has 0 aliphatic carbocycles. The third kappa shape index (κ3) is 4.31. The van der Waals surface area contributed by atoms with Crippen molar-refractivity contribution in [2.75, 3.05) is 12.4 Å². The number of hydrogen-bond donors (Lipinski definition) is 2. The zero-order chi connectivity index (χ0) is 23.5. The van der Waals surface area contributed by atoms with E-state index in [1.807, 2.05) is 48.5 Å². The molecule has 5 aromatic rings. The van der Waals surface area contributed by atoms with Crippen LogP contribution in [0.3, 0.4) is 0 Å². The van der Waals surface area contributed by atoms with Gasteiger partial charge in [0.05, 0.1) is 24.5 Å². The topological polar surface area (TPSA) is 97.5 Å². The summed E-state index contributed by atoms with van der Waals surface area (Å²) in [6, 6.07) is 24.3. The summed E-state index contributed by atoms with van der Waals surface area (Å²) in [5.41, 5.74) is 4.04. The fourth-order valence-electron chi connectivity index (χ4n) is 3.69. The monoisotopic (exact) mass is 451 g/mol. The Morgan fingerprint density at radius 2 is 1.74 bits per heavy atom. The smallest absolute Gasteiger partial charge is 0.335 e. The molecule has 0 radical (unpaired) electrons. The van der Waals surface area contributed by atoms with Crippen LogP contribution in [0.4, 0.5) is 5.82 Å². The fraction of sp³-hybridized carbons (Fsp3) is 0.0741. The van der Waals surface area contributed by atoms with E-state index in [9.17, 15) is 4.79 Å². The van der Waals surface area contributed by atoms with Gasteiger partial charge in [0.1, 0.15) is 11.6 Å². The van der Waals surface area contributed by atoms with E-state index in [1.165, 1.54) is 0 Å². The Bertz CT molecular complexity index is 1440. The molecule has 0 saturated heterocycles. The van der Waals surface area contributed by atoms with Crippen molar-refractivity contribution in [1.82, 2.24) is 9.97 Å². The molecule has 0 bridgehead atoms. The normalized spacial score (nSPS) is 10.9. The van der Waals surface area contributed by atoms with Crippen LogP contribution in [0, 0.1) is 0 Å². The van der Waals surface area contributed by atoms with E-state index < -0.39 is 5.97 Å². The average molecular weight is 451 g/mol. The summed E-state index contributed by atoms with van der Waals surface area (Å²) in [5.74, 6) is 1.57. The van der Waals surface area contributed by atoms with E-state index in [4.69, 9.17) is 24.2 Å². The number of carbonyl (C=O) groups is 1. The molecule has 0 saturated carbocycles. The Hall–Kier alpha value is -4.65. The molecule has 3 aromatic carbocycles. The largest absolute Gasteiger partial charge is 0.497 e. The summed E-state index contributed by atoms with van der Waals surface area (Å²) in [4.78, 5) is 20.6. The van der Waals surface area contributed by atoms with Gasteiger partial charge < -0.3 is 19.6 Å². The minimum atomic E-state index is -0.947. The summed E-state index contributed by atoms with van der Waals surface area (Å²) < 4.78 is 10.8. The van der Waals surface area contributed by atoms with Crippen LogP contribution >= 0.6 is 0 Å². The Kier molecular flexibility index (Phi) is 5.66. The van der Waals surface area contributed by atoms with Crippen molar-refractivity contribution >= 4 is 22.7 Å². The molecule has 0 fully saturated rings. The van der Waals surface area contributed by atoms with Gasteiger partial charge in [-0.05, 0) is 65.2 Å². The molecule has 2 heterocycles. The lowest BCUT2D eigenvalue weighted by atomic mass is 10.0. The second kappa shape index (κ2) is 9.07. The van der Waals surface area contributed by atoms with E-state index in [0.717, 1.165) is 33.3 Å². The maximum absolute atomic E-state index is 11.1. The minimum Gasteiger partial charge on any atom is -0.497 e. The maximum atomic E-state index is 11.1. The van der Waals surface area contributed by atoms with E-state index in [-0.39, 0.29) is 5.56 Å². The van der Waals surface area contributed by atoms with Crippen LogP contribution in [-0.2, 0) is 6.54 Å². The van der Waals surface area contributed by atoms with Crippen LogP contribution in [0.1, 0.15) is 15.9 Å². The Labute approximate surface area is 195 Å². The molecule has 0 atom stereocenters. The van der Waals surface area contributed by atoms with Crippen molar-refractivity contribution in [3.8, 4) is 28.5 Å². The highest BCUT2D eigenvalue weighted by molar-refractivity contribution is 5.93. The second-order valence-corrected chi connectivity index (χ2v) is 7.69. The Morgan fingerprint density at radius 3 is 2.41 bits per heavy atom. The first kappa shape index (κ1) is 21.2. The van der Waals surface area contributed by atoms with Crippen molar-refractivity contribution in [2.45, 2.75) is 6.54 Å². The minimum absolute atomic E-state index is 0.252. The molecule has 0 aliphatic heterocycles. The molecule has 34 heavy (non-hydrogen) atoms. The van der Waals surface area contributed by atoms with E-state index in [1.54, 1.807) is 43.7 Å². The third-order valence-electron chi connectivity index (χ3n) is 5.52. The van der Waals surface area contributed by atoms with Crippen molar-refractivity contribution in [3.63, 3.8) is 0 Å². The van der Waals surface area contributed by atoms with Crippen LogP contribution in [0.15, 0.2) is 89.5 Å². The molecule has 5 rings (SSSR count). The van der Waals surface area contributed by atoms with Crippen molar-refractivity contribution in [3.05, 3.63) is 96.3 Å². The fourth-order valence-corrected chi connectivity index (χ4v) is 3.69. The summed E-state index contributed by atoms with van der Waals surface area (Å²) in [5, 5.41) is 13.3. The van der Waals surface area contributed by atoms with Crippen LogP contribution in [0.2, 0.25) is 0 Å². The molecule has 168 valence electrons. The van der Waals surface area contributed by atoms with Crippen LogP contribution < -0.4 is 10.1 Å². The number of aromatic carboxylic acids is 1. The standard InChI is InChI=1S/C27H21N3O4/c1-33-21-11-8-18(9-12-21)20-10-13-22-23(15-20)29-26(24-3-2-14-34-24)30-25(22)28-16-17-4-6-19(7-5-17)27(31)32/h2-15H,16H2,1H3,(H,31,32)(H,28,29,30). The van der Waals surface area contributed by atoms with E-state index >= 15 is 0 Å². The summed E-state index contributed by atoms with van der Waals surface area (Å²) in [7, 11) is 1.65. The number of aromatic nitrogens is 2. The zero-order valence-corrected chi connectivity index (χ0v) is 18.4. The number of carboxylic acid groups (broad SMARTS) is 1. The molecule has 0 spiro atoms. The predicted molar refractivity (Wildman–Crippen MR) is 130 cm³/mol. The van der Waals surface area contributed by atoms with Gasteiger partial charge in [-0.2, -0.15) is 0 Å². The van der Waals surface area contributed by atoms with Crippen LogP contribution in [-0.4, -0.2) is 28.2 Å². The molecule has 7 nitrogen and oxygen atoms in total. The van der Waals surface area contributed by atoms with Gasteiger partial charge in [0.25, 0.3) is 0 Å². The second-order valence-electron chi connectivity index (χ2n) is 7.69. The lowest BCUT2D eigenvalue weighted by molar-refractivity contribution is 0.0697. The van der Waals surface area contributed by atoms with Gasteiger partial charge in [0.15, 0.2) is 11.6 Å². The molecule has 0 aliphatic rings. The summed E-state index contributed by atoms with van der Waals surface area (Å²) in [6.45, 7) is 0.476. The molecular weight excluding hydrogens is 430 g/mol. The number of furan rings is 1. The van der Waals surface area contributed by atoms with Gasteiger partial charge in [-0.25, -0.2) is 14.8 Å². The molecule has 2 aromatic heterocycles. The number of methoxy groups -OCH3 is 1. The van der Waals surface area contributed by atoms with Gasteiger partial charge in [-0.3, -0.25) is 0 Å². The number of nitrogens with one attached hydrogen (secondary N) is 1. The van der Waals surface area contributed by atoms with Gasteiger partial charge in [-0.1, -0.05) is 30.3 Å².